The molecule has 0 radical (unpaired) electrons. The SMILES string of the molecule is CS(=O)(=O)N(CCC(=O)NC1CCS(=O)(=O)C1)c1ccccc1F. The summed E-state index contributed by atoms with van der Waals surface area (Å²) in [7, 11) is -6.88. The summed E-state index contributed by atoms with van der Waals surface area (Å²) in [5, 5.41) is 2.57. The van der Waals surface area contributed by atoms with Crippen molar-refractivity contribution in [1.29, 1.82) is 0 Å². The van der Waals surface area contributed by atoms with E-state index in [1.807, 2.05) is 0 Å². The van der Waals surface area contributed by atoms with Crippen LogP contribution in [0.25, 0.3) is 0 Å². The van der Waals surface area contributed by atoms with Crippen LogP contribution in [-0.2, 0) is 24.7 Å². The van der Waals surface area contributed by atoms with Crippen LogP contribution in [0.15, 0.2) is 24.3 Å². The number of sulfonamides is 1. The average molecular weight is 378 g/mol. The molecule has 1 atom stereocenters. The number of amides is 1. The van der Waals surface area contributed by atoms with Gasteiger partial charge >= 0.3 is 0 Å². The number of sulfone groups is 1. The number of carbonyl (C=O) groups is 1. The lowest BCUT2D eigenvalue weighted by Gasteiger charge is -2.23. The summed E-state index contributed by atoms with van der Waals surface area (Å²) < 4.78 is 61.1. The Morgan fingerprint density at radius 3 is 2.58 bits per heavy atom. The van der Waals surface area contributed by atoms with Crippen LogP contribution in [0, 0.1) is 5.82 Å². The van der Waals surface area contributed by atoms with Gasteiger partial charge in [0.2, 0.25) is 15.9 Å². The second kappa shape index (κ2) is 7.06. The lowest BCUT2D eigenvalue weighted by atomic mass is 10.2. The van der Waals surface area contributed by atoms with Crippen molar-refractivity contribution < 1.29 is 26.0 Å². The average Bonchev–Trinajstić information content (AvgIpc) is 2.78. The van der Waals surface area contributed by atoms with Crippen molar-refractivity contribution in [1.82, 2.24) is 5.32 Å². The van der Waals surface area contributed by atoms with Crippen LogP contribution < -0.4 is 9.62 Å². The number of nitrogens with one attached hydrogen (secondary N) is 1. The summed E-state index contributed by atoms with van der Waals surface area (Å²) in [4.78, 5) is 11.9. The maximum atomic E-state index is 13.8. The molecule has 10 heteroatoms. The molecule has 1 aromatic rings. The number of rotatable bonds is 6. The Hall–Kier alpha value is -1.68. The fraction of sp³-hybridized carbons (Fsp3) is 0.500. The lowest BCUT2D eigenvalue weighted by molar-refractivity contribution is -0.121. The summed E-state index contributed by atoms with van der Waals surface area (Å²) in [5.74, 6) is -1.25. The summed E-state index contributed by atoms with van der Waals surface area (Å²) in [6, 6.07) is 4.93. The molecule has 0 bridgehead atoms. The van der Waals surface area contributed by atoms with Crippen molar-refractivity contribution in [3.05, 3.63) is 30.1 Å². The highest BCUT2D eigenvalue weighted by atomic mass is 32.2. The van der Waals surface area contributed by atoms with Gasteiger partial charge in [-0.2, -0.15) is 0 Å². The number of halogens is 1. The van der Waals surface area contributed by atoms with Gasteiger partial charge in [-0.25, -0.2) is 21.2 Å². The Morgan fingerprint density at radius 2 is 2.04 bits per heavy atom. The van der Waals surface area contributed by atoms with Gasteiger partial charge < -0.3 is 5.32 Å². The molecule has 1 fully saturated rings. The first-order chi connectivity index (χ1) is 11.1. The van der Waals surface area contributed by atoms with E-state index in [2.05, 4.69) is 5.32 Å². The molecule has 0 aliphatic carbocycles. The molecular formula is C14H19FN2O5S2. The van der Waals surface area contributed by atoms with Crippen molar-refractivity contribution in [2.45, 2.75) is 18.9 Å². The molecule has 1 heterocycles. The van der Waals surface area contributed by atoms with E-state index in [-0.39, 0.29) is 30.2 Å². The molecule has 2 rings (SSSR count). The van der Waals surface area contributed by atoms with Crippen LogP contribution in [0.3, 0.4) is 0 Å². The first-order valence-electron chi connectivity index (χ1n) is 7.30. The van der Waals surface area contributed by atoms with Crippen LogP contribution in [0.5, 0.6) is 0 Å². The third kappa shape index (κ3) is 4.91. The standard InChI is InChI=1S/C14H19FN2O5S2/c1-23(19,20)17(13-5-3-2-4-12(13)15)8-6-14(18)16-11-7-9-24(21,22)10-11/h2-5,11H,6-10H2,1H3,(H,16,18). The van der Waals surface area contributed by atoms with Crippen LogP contribution in [0.1, 0.15) is 12.8 Å². The predicted octanol–water partition coefficient (Wildman–Crippen LogP) is 0.285. The summed E-state index contributed by atoms with van der Waals surface area (Å²) >= 11 is 0. The van der Waals surface area contributed by atoms with E-state index in [9.17, 15) is 26.0 Å². The quantitative estimate of drug-likeness (QED) is 0.767. The Balaban J connectivity index is 2.01. The molecule has 134 valence electrons. The molecule has 1 aromatic carbocycles. The summed E-state index contributed by atoms with van der Waals surface area (Å²) in [6.07, 6.45) is 1.08. The van der Waals surface area contributed by atoms with Crippen molar-refractivity contribution in [3.63, 3.8) is 0 Å². The molecule has 1 amide bonds. The molecule has 7 nitrogen and oxygen atoms in total. The lowest BCUT2D eigenvalue weighted by Crippen LogP contribution is -2.39. The molecule has 0 spiro atoms. The minimum absolute atomic E-state index is 0.0304. The highest BCUT2D eigenvalue weighted by molar-refractivity contribution is 7.92. The molecule has 24 heavy (non-hydrogen) atoms. The zero-order chi connectivity index (χ0) is 18.0. The van der Waals surface area contributed by atoms with Crippen LogP contribution in [0.4, 0.5) is 10.1 Å². The van der Waals surface area contributed by atoms with Crippen LogP contribution in [-0.4, -0.2) is 53.1 Å². The van der Waals surface area contributed by atoms with Crippen molar-refractivity contribution in [3.8, 4) is 0 Å². The number of hydrogen-bond donors (Lipinski definition) is 1. The molecule has 0 aromatic heterocycles. The molecule has 1 aliphatic rings. The normalized spacial score (nSPS) is 19.8. The molecule has 0 saturated carbocycles. The monoisotopic (exact) mass is 378 g/mol. The highest BCUT2D eigenvalue weighted by Gasteiger charge is 2.29. The molecule has 1 unspecified atom stereocenters. The second-order valence-corrected chi connectivity index (χ2v) is 9.84. The topological polar surface area (TPSA) is 101 Å². The molecular weight excluding hydrogens is 359 g/mol. The maximum Gasteiger partial charge on any atom is 0.232 e. The zero-order valence-electron chi connectivity index (χ0n) is 13.1. The van der Waals surface area contributed by atoms with Gasteiger partial charge in [-0.1, -0.05) is 12.1 Å². The van der Waals surface area contributed by atoms with Crippen molar-refractivity contribution in [2.24, 2.45) is 0 Å². The summed E-state index contributed by atoms with van der Waals surface area (Å²) in [5.41, 5.74) is -0.128. The van der Waals surface area contributed by atoms with Crippen molar-refractivity contribution >= 4 is 31.5 Å². The first kappa shape index (κ1) is 18.7. The molecule has 1 N–H and O–H groups in total. The van der Waals surface area contributed by atoms with Gasteiger partial charge in [-0.3, -0.25) is 9.10 Å². The minimum atomic E-state index is -3.76. The Morgan fingerprint density at radius 1 is 1.38 bits per heavy atom. The third-order valence-electron chi connectivity index (χ3n) is 3.66. The summed E-state index contributed by atoms with van der Waals surface area (Å²) in [6.45, 7) is -0.231. The first-order valence-corrected chi connectivity index (χ1v) is 11.0. The van der Waals surface area contributed by atoms with E-state index in [1.54, 1.807) is 0 Å². The number of hydrogen-bond acceptors (Lipinski definition) is 5. The van der Waals surface area contributed by atoms with Gasteiger partial charge in [0.1, 0.15) is 5.82 Å². The Labute approximate surface area is 140 Å². The van der Waals surface area contributed by atoms with Gasteiger partial charge in [0.05, 0.1) is 23.4 Å². The number of carbonyl (C=O) groups excluding carboxylic acids is 1. The number of para-hydroxylation sites is 1. The van der Waals surface area contributed by atoms with E-state index in [0.717, 1.165) is 16.6 Å². The van der Waals surface area contributed by atoms with Gasteiger partial charge in [-0.05, 0) is 18.6 Å². The Bertz CT molecular complexity index is 823. The van der Waals surface area contributed by atoms with E-state index in [4.69, 9.17) is 0 Å². The molecule has 1 saturated heterocycles. The van der Waals surface area contributed by atoms with Gasteiger partial charge in [-0.15, -0.1) is 0 Å². The highest BCUT2D eigenvalue weighted by Crippen LogP contribution is 2.21. The predicted molar refractivity (Wildman–Crippen MR) is 88.4 cm³/mol. The maximum absolute atomic E-state index is 13.8. The van der Waals surface area contributed by atoms with E-state index < -0.39 is 37.6 Å². The number of anilines is 1. The van der Waals surface area contributed by atoms with E-state index in [1.165, 1.54) is 18.2 Å². The fourth-order valence-electron chi connectivity index (χ4n) is 2.53. The fourth-order valence-corrected chi connectivity index (χ4v) is 5.13. The van der Waals surface area contributed by atoms with Gasteiger partial charge in [0, 0.05) is 19.0 Å². The van der Waals surface area contributed by atoms with Crippen molar-refractivity contribution in [2.75, 3.05) is 28.6 Å². The second-order valence-electron chi connectivity index (χ2n) is 5.70. The molecule has 1 aliphatic heterocycles. The third-order valence-corrected chi connectivity index (χ3v) is 6.61. The van der Waals surface area contributed by atoms with Crippen LogP contribution >= 0.6 is 0 Å². The minimum Gasteiger partial charge on any atom is -0.352 e. The Kier molecular flexibility index (Phi) is 5.49. The van der Waals surface area contributed by atoms with Gasteiger partial charge in [0.25, 0.3) is 0 Å². The number of benzene rings is 1. The van der Waals surface area contributed by atoms with Gasteiger partial charge in [0.15, 0.2) is 9.84 Å². The van der Waals surface area contributed by atoms with E-state index in [0.29, 0.717) is 6.42 Å². The zero-order valence-corrected chi connectivity index (χ0v) is 14.7. The smallest absolute Gasteiger partial charge is 0.232 e. The largest absolute Gasteiger partial charge is 0.352 e. The number of nitrogens with zero attached hydrogens (tertiary/aromatic N) is 1. The van der Waals surface area contributed by atoms with Crippen LogP contribution in [0.2, 0.25) is 0 Å². The van der Waals surface area contributed by atoms with E-state index >= 15 is 0 Å².